The van der Waals surface area contributed by atoms with Crippen molar-refractivity contribution in [3.63, 3.8) is 0 Å². The van der Waals surface area contributed by atoms with Crippen LogP contribution in [0, 0.1) is 0 Å². The van der Waals surface area contributed by atoms with E-state index in [-0.39, 0.29) is 11.6 Å². The fourth-order valence-corrected chi connectivity index (χ4v) is 1.85. The molecule has 0 aromatic heterocycles. The van der Waals surface area contributed by atoms with Crippen molar-refractivity contribution in [1.29, 1.82) is 0 Å². The van der Waals surface area contributed by atoms with Gasteiger partial charge in [0.1, 0.15) is 5.60 Å². The molecule has 0 spiro atoms. The minimum Gasteiger partial charge on any atom is -0.459 e. The summed E-state index contributed by atoms with van der Waals surface area (Å²) in [5.74, 6) is -0.129. The van der Waals surface area contributed by atoms with Gasteiger partial charge in [0.2, 0.25) is 0 Å². The second-order valence-corrected chi connectivity index (χ2v) is 5.66. The van der Waals surface area contributed by atoms with Crippen LogP contribution in [-0.4, -0.2) is 73.3 Å². The molecule has 1 fully saturated rings. The molecule has 0 aromatic carbocycles. The van der Waals surface area contributed by atoms with Gasteiger partial charge in [-0.05, 0) is 20.8 Å². The summed E-state index contributed by atoms with van der Waals surface area (Å²) in [7, 11) is 4.09. The summed E-state index contributed by atoms with van der Waals surface area (Å²) in [4.78, 5) is 13.8. The van der Waals surface area contributed by atoms with E-state index < -0.39 is 0 Å². The molecule has 0 amide bonds. The van der Waals surface area contributed by atoms with E-state index >= 15 is 0 Å². The molecule has 0 saturated carbocycles. The number of piperazine rings is 1. The Morgan fingerprint density at radius 3 is 2.12 bits per heavy atom. The van der Waals surface area contributed by atoms with Crippen molar-refractivity contribution in [3.8, 4) is 0 Å². The predicted octanol–water partition coefficient (Wildman–Crippen LogP) is 0.422. The van der Waals surface area contributed by atoms with E-state index in [1.807, 2.05) is 34.9 Å². The van der Waals surface area contributed by atoms with E-state index in [9.17, 15) is 4.79 Å². The number of hydrazine groups is 1. The Morgan fingerprint density at radius 2 is 1.71 bits per heavy atom. The van der Waals surface area contributed by atoms with Crippen molar-refractivity contribution in [2.75, 3.05) is 46.8 Å². The van der Waals surface area contributed by atoms with Crippen LogP contribution in [-0.2, 0) is 9.53 Å². The molecule has 5 heteroatoms. The van der Waals surface area contributed by atoms with E-state index in [0.717, 1.165) is 26.2 Å². The summed E-state index contributed by atoms with van der Waals surface area (Å²) in [6, 6.07) is 0. The molecule has 0 atom stereocenters. The molecule has 1 saturated heterocycles. The molecule has 1 aliphatic rings. The van der Waals surface area contributed by atoms with Gasteiger partial charge in [-0.2, -0.15) is 0 Å². The maximum atomic E-state index is 11.7. The smallest absolute Gasteiger partial charge is 0.320 e. The quantitative estimate of drug-likeness (QED) is 0.672. The van der Waals surface area contributed by atoms with Gasteiger partial charge in [-0.15, -0.1) is 0 Å². The summed E-state index contributed by atoms with van der Waals surface area (Å²) in [5.41, 5.74) is -0.386. The van der Waals surface area contributed by atoms with E-state index in [0.29, 0.717) is 6.54 Å². The average molecular weight is 243 g/mol. The molecule has 0 unspecified atom stereocenters. The van der Waals surface area contributed by atoms with Crippen molar-refractivity contribution in [2.45, 2.75) is 26.4 Å². The lowest BCUT2D eigenvalue weighted by Gasteiger charge is -2.37. The Morgan fingerprint density at radius 1 is 1.18 bits per heavy atom. The highest BCUT2D eigenvalue weighted by molar-refractivity contribution is 5.72. The number of esters is 1. The van der Waals surface area contributed by atoms with Crippen molar-refractivity contribution < 1.29 is 9.53 Å². The second-order valence-electron chi connectivity index (χ2n) is 5.66. The molecule has 0 N–H and O–H groups in total. The monoisotopic (exact) mass is 243 g/mol. The topological polar surface area (TPSA) is 36.0 Å². The molecule has 5 nitrogen and oxygen atoms in total. The lowest BCUT2D eigenvalue weighted by molar-refractivity contribution is -0.157. The normalized spacial score (nSPS) is 19.6. The molecule has 0 aliphatic carbocycles. The molecule has 100 valence electrons. The Bertz CT molecular complexity index is 253. The van der Waals surface area contributed by atoms with Crippen molar-refractivity contribution in [2.24, 2.45) is 0 Å². The number of carbonyl (C=O) groups excluding carboxylic acids is 1. The first-order valence-corrected chi connectivity index (χ1v) is 6.14. The third-order valence-corrected chi connectivity index (χ3v) is 2.69. The number of hydrogen-bond acceptors (Lipinski definition) is 5. The molecule has 0 bridgehead atoms. The Hall–Kier alpha value is -0.650. The molecule has 17 heavy (non-hydrogen) atoms. The first-order chi connectivity index (χ1) is 7.78. The average Bonchev–Trinajstić information content (AvgIpc) is 2.15. The number of hydrogen-bond donors (Lipinski definition) is 0. The van der Waals surface area contributed by atoms with Gasteiger partial charge in [-0.25, -0.2) is 10.0 Å². The van der Waals surface area contributed by atoms with Crippen LogP contribution in [0.3, 0.4) is 0 Å². The van der Waals surface area contributed by atoms with Crippen LogP contribution in [0.25, 0.3) is 0 Å². The molecular weight excluding hydrogens is 218 g/mol. The third kappa shape index (κ3) is 5.48. The summed E-state index contributed by atoms with van der Waals surface area (Å²) in [5, 5.41) is 4.37. The number of carbonyl (C=O) groups is 1. The largest absolute Gasteiger partial charge is 0.459 e. The Labute approximate surface area is 104 Å². The first kappa shape index (κ1) is 14.4. The van der Waals surface area contributed by atoms with E-state index in [4.69, 9.17) is 4.74 Å². The number of rotatable bonds is 3. The Balaban J connectivity index is 2.29. The minimum atomic E-state index is -0.386. The fourth-order valence-electron chi connectivity index (χ4n) is 1.85. The maximum Gasteiger partial charge on any atom is 0.320 e. The third-order valence-electron chi connectivity index (χ3n) is 2.69. The zero-order chi connectivity index (χ0) is 13.1. The first-order valence-electron chi connectivity index (χ1n) is 6.14. The fraction of sp³-hybridized carbons (Fsp3) is 0.917. The van der Waals surface area contributed by atoms with Crippen LogP contribution in [0.15, 0.2) is 0 Å². The molecule has 1 rings (SSSR count). The standard InChI is InChI=1S/C12H25N3O2/c1-12(2,3)17-11(16)10-14-6-8-15(9-7-14)13(4)5/h6-10H2,1-5H3. The zero-order valence-corrected chi connectivity index (χ0v) is 11.7. The molecule has 0 aromatic rings. The molecule has 1 aliphatic heterocycles. The lowest BCUT2D eigenvalue weighted by atomic mass is 10.2. The van der Waals surface area contributed by atoms with Gasteiger partial charge < -0.3 is 4.74 Å². The van der Waals surface area contributed by atoms with Crippen LogP contribution >= 0.6 is 0 Å². The van der Waals surface area contributed by atoms with Gasteiger partial charge in [0, 0.05) is 40.3 Å². The number of ether oxygens (including phenoxy) is 1. The van der Waals surface area contributed by atoms with Gasteiger partial charge in [0.25, 0.3) is 0 Å². The van der Waals surface area contributed by atoms with Crippen LogP contribution in [0.4, 0.5) is 0 Å². The van der Waals surface area contributed by atoms with Gasteiger partial charge in [-0.1, -0.05) is 0 Å². The maximum absolute atomic E-state index is 11.7. The number of nitrogens with zero attached hydrogens (tertiary/aromatic N) is 3. The van der Waals surface area contributed by atoms with E-state index in [2.05, 4.69) is 14.9 Å². The summed E-state index contributed by atoms with van der Waals surface area (Å²) < 4.78 is 5.31. The van der Waals surface area contributed by atoms with Crippen LogP contribution in [0.2, 0.25) is 0 Å². The zero-order valence-electron chi connectivity index (χ0n) is 11.7. The summed E-state index contributed by atoms with van der Waals surface area (Å²) in [6.07, 6.45) is 0. The van der Waals surface area contributed by atoms with E-state index in [1.54, 1.807) is 0 Å². The van der Waals surface area contributed by atoms with Gasteiger partial charge in [-0.3, -0.25) is 9.69 Å². The minimum absolute atomic E-state index is 0.129. The van der Waals surface area contributed by atoms with Crippen molar-refractivity contribution in [1.82, 2.24) is 14.9 Å². The molecule has 1 heterocycles. The molecular formula is C12H25N3O2. The highest BCUT2D eigenvalue weighted by Crippen LogP contribution is 2.08. The lowest BCUT2D eigenvalue weighted by Crippen LogP contribution is -2.52. The van der Waals surface area contributed by atoms with Crippen molar-refractivity contribution in [3.05, 3.63) is 0 Å². The predicted molar refractivity (Wildman–Crippen MR) is 67.5 cm³/mol. The van der Waals surface area contributed by atoms with Crippen LogP contribution < -0.4 is 0 Å². The second kappa shape index (κ2) is 5.80. The van der Waals surface area contributed by atoms with Gasteiger partial charge in [0.15, 0.2) is 0 Å². The van der Waals surface area contributed by atoms with Crippen molar-refractivity contribution >= 4 is 5.97 Å². The highest BCUT2D eigenvalue weighted by Gasteiger charge is 2.22. The molecule has 0 radical (unpaired) electrons. The highest BCUT2D eigenvalue weighted by atomic mass is 16.6. The summed E-state index contributed by atoms with van der Waals surface area (Å²) in [6.45, 7) is 9.86. The van der Waals surface area contributed by atoms with Crippen LogP contribution in [0.1, 0.15) is 20.8 Å². The SMILES string of the molecule is CN(C)N1CCN(CC(=O)OC(C)(C)C)CC1. The van der Waals surface area contributed by atoms with E-state index in [1.165, 1.54) is 0 Å². The van der Waals surface area contributed by atoms with Crippen LogP contribution in [0.5, 0.6) is 0 Å². The Kier molecular flexibility index (Phi) is 4.91. The summed E-state index contributed by atoms with van der Waals surface area (Å²) >= 11 is 0. The van der Waals surface area contributed by atoms with Gasteiger partial charge >= 0.3 is 5.97 Å². The van der Waals surface area contributed by atoms with Gasteiger partial charge in [0.05, 0.1) is 6.54 Å².